The van der Waals surface area contributed by atoms with E-state index in [9.17, 15) is 4.79 Å². The van der Waals surface area contributed by atoms with Crippen LogP contribution in [0.2, 0.25) is 0 Å². The van der Waals surface area contributed by atoms with Crippen LogP contribution in [0.25, 0.3) is 10.9 Å². The predicted octanol–water partition coefficient (Wildman–Crippen LogP) is 2.07. The number of rotatable bonds is 5. The monoisotopic (exact) mass is 361 g/mol. The number of nitrogens with one attached hydrogen (secondary N) is 1. The number of hydrogen-bond acceptors (Lipinski definition) is 5. The summed E-state index contributed by atoms with van der Waals surface area (Å²) in [5, 5.41) is 4.08. The largest absolute Gasteiger partial charge is 0.353 e. The van der Waals surface area contributed by atoms with Crippen molar-refractivity contribution in [2.75, 3.05) is 37.6 Å². The molecule has 138 valence electrons. The molecule has 0 saturated carbocycles. The van der Waals surface area contributed by atoms with Gasteiger partial charge in [-0.2, -0.15) is 0 Å². The van der Waals surface area contributed by atoms with Gasteiger partial charge in [0, 0.05) is 38.1 Å². The van der Waals surface area contributed by atoms with Gasteiger partial charge in [0.05, 0.1) is 12.1 Å². The molecule has 0 bridgehead atoms. The average Bonchev–Trinajstić information content (AvgIpc) is 2.73. The van der Waals surface area contributed by atoms with Crippen molar-refractivity contribution in [2.45, 2.75) is 6.54 Å². The van der Waals surface area contributed by atoms with Crippen molar-refractivity contribution >= 4 is 22.6 Å². The highest BCUT2D eigenvalue weighted by Crippen LogP contribution is 2.23. The third kappa shape index (κ3) is 4.23. The first kappa shape index (κ1) is 17.4. The Bertz CT molecular complexity index is 901. The number of hydrogen-bond donors (Lipinski definition) is 1. The van der Waals surface area contributed by atoms with Crippen LogP contribution in [0, 0.1) is 0 Å². The maximum atomic E-state index is 12.2. The number of aromatic nitrogens is 2. The first-order valence-electron chi connectivity index (χ1n) is 9.27. The van der Waals surface area contributed by atoms with Crippen LogP contribution in [0.1, 0.15) is 5.56 Å². The maximum absolute atomic E-state index is 12.2. The summed E-state index contributed by atoms with van der Waals surface area (Å²) in [7, 11) is 0. The van der Waals surface area contributed by atoms with Crippen molar-refractivity contribution in [3.05, 3.63) is 66.5 Å². The van der Waals surface area contributed by atoms with Crippen LogP contribution >= 0.6 is 0 Å². The van der Waals surface area contributed by atoms with Gasteiger partial charge in [0.25, 0.3) is 0 Å². The summed E-state index contributed by atoms with van der Waals surface area (Å²) in [6.07, 6.45) is 1.63. The molecule has 2 aromatic carbocycles. The highest BCUT2D eigenvalue weighted by atomic mass is 16.2. The molecule has 6 heteroatoms. The molecule has 0 unspecified atom stereocenters. The summed E-state index contributed by atoms with van der Waals surface area (Å²) in [6.45, 7) is 4.41. The number of piperazine rings is 1. The second-order valence-electron chi connectivity index (χ2n) is 6.74. The molecule has 3 aromatic rings. The minimum absolute atomic E-state index is 0.0692. The van der Waals surface area contributed by atoms with Crippen molar-refractivity contribution in [3.63, 3.8) is 0 Å². The highest BCUT2D eigenvalue weighted by Gasteiger charge is 2.21. The van der Waals surface area contributed by atoms with E-state index in [1.807, 2.05) is 48.5 Å². The third-order valence-electron chi connectivity index (χ3n) is 4.89. The second kappa shape index (κ2) is 8.14. The van der Waals surface area contributed by atoms with Crippen molar-refractivity contribution in [1.82, 2.24) is 20.2 Å². The van der Waals surface area contributed by atoms with Crippen molar-refractivity contribution < 1.29 is 4.79 Å². The first-order chi connectivity index (χ1) is 13.3. The van der Waals surface area contributed by atoms with Gasteiger partial charge in [-0.3, -0.25) is 9.69 Å². The van der Waals surface area contributed by atoms with E-state index in [0.29, 0.717) is 13.1 Å². The first-order valence-corrected chi connectivity index (χ1v) is 9.27. The number of nitrogens with zero attached hydrogens (tertiary/aromatic N) is 4. The lowest BCUT2D eigenvalue weighted by molar-refractivity contribution is -0.122. The summed E-state index contributed by atoms with van der Waals surface area (Å²) < 4.78 is 0. The van der Waals surface area contributed by atoms with E-state index in [4.69, 9.17) is 0 Å². The van der Waals surface area contributed by atoms with Crippen molar-refractivity contribution in [3.8, 4) is 0 Å². The van der Waals surface area contributed by atoms with Crippen LogP contribution < -0.4 is 10.2 Å². The fourth-order valence-corrected chi connectivity index (χ4v) is 3.42. The fourth-order valence-electron chi connectivity index (χ4n) is 3.42. The van der Waals surface area contributed by atoms with Gasteiger partial charge in [0.15, 0.2) is 0 Å². The SMILES string of the molecule is O=C(CN1CCN(c2ncnc3ccccc23)CC1)NCc1ccccc1. The van der Waals surface area contributed by atoms with Crippen LogP contribution in [0.15, 0.2) is 60.9 Å². The molecule has 2 heterocycles. The summed E-state index contributed by atoms with van der Waals surface area (Å²) in [5.74, 6) is 1.05. The van der Waals surface area contributed by atoms with Crippen LogP contribution in [0.4, 0.5) is 5.82 Å². The Kier molecular flexibility index (Phi) is 5.25. The Balaban J connectivity index is 1.30. The Labute approximate surface area is 158 Å². The molecule has 1 aromatic heterocycles. The Morgan fingerprint density at radius 1 is 0.926 bits per heavy atom. The van der Waals surface area contributed by atoms with Gasteiger partial charge in [0.2, 0.25) is 5.91 Å². The minimum atomic E-state index is 0.0692. The Hall–Kier alpha value is -2.99. The second-order valence-corrected chi connectivity index (χ2v) is 6.74. The summed E-state index contributed by atoms with van der Waals surface area (Å²) >= 11 is 0. The van der Waals surface area contributed by atoms with Crippen LogP contribution in [0.5, 0.6) is 0 Å². The predicted molar refractivity (Wildman–Crippen MR) is 106 cm³/mol. The summed E-state index contributed by atoms with van der Waals surface area (Å²) in [6, 6.07) is 18.1. The van der Waals surface area contributed by atoms with Gasteiger partial charge in [-0.1, -0.05) is 42.5 Å². The third-order valence-corrected chi connectivity index (χ3v) is 4.89. The van der Waals surface area contributed by atoms with Crippen molar-refractivity contribution in [2.24, 2.45) is 0 Å². The molecule has 0 atom stereocenters. The molecule has 1 aliphatic heterocycles. The number of para-hydroxylation sites is 1. The van der Waals surface area contributed by atoms with Crippen molar-refractivity contribution in [1.29, 1.82) is 0 Å². The Morgan fingerprint density at radius 3 is 2.48 bits per heavy atom. The molecular formula is C21H23N5O. The summed E-state index contributed by atoms with van der Waals surface area (Å²) in [4.78, 5) is 25.5. The number of carbonyl (C=O) groups excluding carboxylic acids is 1. The number of carbonyl (C=O) groups is 1. The Morgan fingerprint density at radius 2 is 1.67 bits per heavy atom. The lowest BCUT2D eigenvalue weighted by atomic mass is 10.2. The molecule has 4 rings (SSSR count). The van der Waals surface area contributed by atoms with Gasteiger partial charge in [-0.15, -0.1) is 0 Å². The summed E-state index contributed by atoms with van der Waals surface area (Å²) in [5.41, 5.74) is 2.08. The quantitative estimate of drug-likeness (QED) is 0.754. The molecule has 1 aliphatic rings. The van der Waals surface area contributed by atoms with Gasteiger partial charge >= 0.3 is 0 Å². The standard InChI is InChI=1S/C21H23N5O/c27-20(22-14-17-6-2-1-3-7-17)15-25-10-12-26(13-11-25)21-18-8-4-5-9-19(18)23-16-24-21/h1-9,16H,10-15H2,(H,22,27). The number of anilines is 1. The smallest absolute Gasteiger partial charge is 0.234 e. The van der Waals surface area contributed by atoms with Gasteiger partial charge in [-0.25, -0.2) is 9.97 Å². The van der Waals surface area contributed by atoms with Gasteiger partial charge in [-0.05, 0) is 17.7 Å². The molecule has 6 nitrogen and oxygen atoms in total. The zero-order chi connectivity index (χ0) is 18.5. The van der Waals surface area contributed by atoms with E-state index in [0.717, 1.165) is 48.5 Å². The number of benzene rings is 2. The van der Waals surface area contributed by atoms with Gasteiger partial charge in [0.1, 0.15) is 12.1 Å². The lowest BCUT2D eigenvalue weighted by Crippen LogP contribution is -2.49. The fraction of sp³-hybridized carbons (Fsp3) is 0.286. The number of fused-ring (bicyclic) bond motifs is 1. The zero-order valence-corrected chi connectivity index (χ0v) is 15.2. The molecule has 27 heavy (non-hydrogen) atoms. The number of amides is 1. The van der Waals surface area contributed by atoms with E-state index in [2.05, 4.69) is 31.2 Å². The normalized spacial score (nSPS) is 15.0. The zero-order valence-electron chi connectivity index (χ0n) is 15.2. The molecule has 0 aliphatic carbocycles. The average molecular weight is 361 g/mol. The lowest BCUT2D eigenvalue weighted by Gasteiger charge is -2.35. The highest BCUT2D eigenvalue weighted by molar-refractivity contribution is 5.89. The van der Waals surface area contributed by atoms with Crippen LogP contribution in [-0.4, -0.2) is 53.5 Å². The molecule has 1 amide bonds. The van der Waals surface area contributed by atoms with Crippen LogP contribution in [0.3, 0.4) is 0 Å². The van der Waals surface area contributed by atoms with Gasteiger partial charge < -0.3 is 10.2 Å². The molecule has 1 saturated heterocycles. The molecule has 1 fully saturated rings. The van der Waals surface area contributed by atoms with E-state index in [-0.39, 0.29) is 5.91 Å². The van der Waals surface area contributed by atoms with E-state index in [1.165, 1.54) is 0 Å². The molecule has 1 N–H and O–H groups in total. The maximum Gasteiger partial charge on any atom is 0.234 e. The van der Waals surface area contributed by atoms with E-state index < -0.39 is 0 Å². The van der Waals surface area contributed by atoms with Crippen LogP contribution in [-0.2, 0) is 11.3 Å². The van der Waals surface area contributed by atoms with E-state index in [1.54, 1.807) is 6.33 Å². The molecule has 0 radical (unpaired) electrons. The minimum Gasteiger partial charge on any atom is -0.353 e. The molecule has 0 spiro atoms. The molecular weight excluding hydrogens is 338 g/mol. The topological polar surface area (TPSA) is 61.4 Å². The van der Waals surface area contributed by atoms with E-state index >= 15 is 0 Å².